The summed E-state index contributed by atoms with van der Waals surface area (Å²) in [4.78, 5) is 23.2. The van der Waals surface area contributed by atoms with E-state index in [-0.39, 0.29) is 11.8 Å². The van der Waals surface area contributed by atoms with Crippen molar-refractivity contribution in [2.75, 3.05) is 30.4 Å². The van der Waals surface area contributed by atoms with E-state index >= 15 is 0 Å². The van der Waals surface area contributed by atoms with Gasteiger partial charge in [-0.3, -0.25) is 4.79 Å². The number of amides is 1. The number of hydrogen-bond acceptors (Lipinski definition) is 5. The molecule has 3 rings (SSSR count). The number of nitrogens with one attached hydrogen (secondary N) is 1. The van der Waals surface area contributed by atoms with Crippen LogP contribution >= 0.6 is 0 Å². The van der Waals surface area contributed by atoms with Crippen LogP contribution in [0.3, 0.4) is 0 Å². The Morgan fingerprint density at radius 1 is 1.25 bits per heavy atom. The second-order valence-electron chi connectivity index (χ2n) is 5.93. The van der Waals surface area contributed by atoms with Gasteiger partial charge in [0.05, 0.1) is 6.61 Å². The van der Waals surface area contributed by atoms with Crippen LogP contribution < -0.4 is 10.2 Å². The summed E-state index contributed by atoms with van der Waals surface area (Å²) in [6.45, 7) is 2.14. The molecular formula is C18H22N4O2. The molecule has 126 valence electrons. The lowest BCUT2D eigenvalue weighted by Crippen LogP contribution is -2.39. The van der Waals surface area contributed by atoms with E-state index in [9.17, 15) is 4.79 Å². The molecule has 0 bridgehead atoms. The minimum atomic E-state index is 0.0241. The standard InChI is InChI=1S/C18H22N4O2/c1-24-13-14-4-2-5-16(12-14)21-17(23)15-6-10-22(11-7-15)18-19-8-3-9-20-18/h2-5,8-9,12,15H,6-7,10-11,13H2,1H3,(H,21,23). The summed E-state index contributed by atoms with van der Waals surface area (Å²) in [5, 5.41) is 3.02. The Hall–Kier alpha value is -2.47. The molecule has 6 nitrogen and oxygen atoms in total. The number of hydrogen-bond donors (Lipinski definition) is 1. The van der Waals surface area contributed by atoms with Gasteiger partial charge in [0.15, 0.2) is 0 Å². The number of ether oxygens (including phenoxy) is 1. The summed E-state index contributed by atoms with van der Waals surface area (Å²) in [6, 6.07) is 9.58. The number of anilines is 2. The second-order valence-corrected chi connectivity index (χ2v) is 5.93. The first-order valence-corrected chi connectivity index (χ1v) is 8.17. The minimum Gasteiger partial charge on any atom is -0.380 e. The zero-order valence-corrected chi connectivity index (χ0v) is 13.8. The first-order valence-electron chi connectivity index (χ1n) is 8.17. The Morgan fingerprint density at radius 3 is 2.71 bits per heavy atom. The van der Waals surface area contributed by atoms with Crippen molar-refractivity contribution in [1.82, 2.24) is 9.97 Å². The van der Waals surface area contributed by atoms with Gasteiger partial charge >= 0.3 is 0 Å². The number of carbonyl (C=O) groups is 1. The molecule has 1 aliphatic heterocycles. The van der Waals surface area contributed by atoms with Crippen molar-refractivity contribution in [3.63, 3.8) is 0 Å². The molecule has 1 fully saturated rings. The van der Waals surface area contributed by atoms with E-state index in [0.717, 1.165) is 43.1 Å². The van der Waals surface area contributed by atoms with Gasteiger partial charge in [0.25, 0.3) is 0 Å². The molecule has 0 radical (unpaired) electrons. The molecule has 0 aliphatic carbocycles. The molecule has 1 amide bonds. The van der Waals surface area contributed by atoms with E-state index in [1.54, 1.807) is 25.6 Å². The third-order valence-corrected chi connectivity index (χ3v) is 4.21. The second kappa shape index (κ2) is 7.88. The van der Waals surface area contributed by atoms with Gasteiger partial charge in [0, 0.05) is 44.2 Å². The molecule has 1 aromatic carbocycles. The predicted molar refractivity (Wildman–Crippen MR) is 92.8 cm³/mol. The van der Waals surface area contributed by atoms with Crippen molar-refractivity contribution in [1.29, 1.82) is 0 Å². The zero-order valence-electron chi connectivity index (χ0n) is 13.8. The molecule has 0 spiro atoms. The highest BCUT2D eigenvalue weighted by Crippen LogP contribution is 2.22. The van der Waals surface area contributed by atoms with E-state index in [0.29, 0.717) is 6.61 Å². The molecule has 0 atom stereocenters. The number of piperidine rings is 1. The molecule has 0 saturated carbocycles. The van der Waals surface area contributed by atoms with Crippen LogP contribution in [0.2, 0.25) is 0 Å². The number of aromatic nitrogens is 2. The minimum absolute atomic E-state index is 0.0241. The van der Waals surface area contributed by atoms with E-state index in [1.165, 1.54) is 0 Å². The van der Waals surface area contributed by atoms with Crippen molar-refractivity contribution in [3.8, 4) is 0 Å². The van der Waals surface area contributed by atoms with Gasteiger partial charge in [-0.2, -0.15) is 0 Å². The Kier molecular flexibility index (Phi) is 5.38. The average Bonchev–Trinajstić information content (AvgIpc) is 2.63. The van der Waals surface area contributed by atoms with Gasteiger partial charge in [-0.05, 0) is 36.6 Å². The summed E-state index contributed by atoms with van der Waals surface area (Å²) >= 11 is 0. The monoisotopic (exact) mass is 326 g/mol. The van der Waals surface area contributed by atoms with Crippen molar-refractivity contribution in [2.45, 2.75) is 19.4 Å². The van der Waals surface area contributed by atoms with E-state index < -0.39 is 0 Å². The largest absolute Gasteiger partial charge is 0.380 e. The fourth-order valence-electron chi connectivity index (χ4n) is 2.95. The van der Waals surface area contributed by atoms with E-state index in [2.05, 4.69) is 20.2 Å². The zero-order chi connectivity index (χ0) is 16.8. The van der Waals surface area contributed by atoms with E-state index in [4.69, 9.17) is 4.74 Å². The van der Waals surface area contributed by atoms with Crippen LogP contribution in [0.25, 0.3) is 0 Å². The number of carbonyl (C=O) groups excluding carboxylic acids is 1. The Morgan fingerprint density at radius 2 is 2.00 bits per heavy atom. The van der Waals surface area contributed by atoms with Crippen molar-refractivity contribution in [2.24, 2.45) is 5.92 Å². The summed E-state index contributed by atoms with van der Waals surface area (Å²) < 4.78 is 5.13. The SMILES string of the molecule is COCc1cccc(NC(=O)C2CCN(c3ncccn3)CC2)c1. The molecule has 2 heterocycles. The average molecular weight is 326 g/mol. The Bertz CT molecular complexity index is 670. The topological polar surface area (TPSA) is 67.3 Å². The van der Waals surface area contributed by atoms with Gasteiger partial charge < -0.3 is 15.0 Å². The normalized spacial score (nSPS) is 15.3. The summed E-state index contributed by atoms with van der Waals surface area (Å²) in [5.74, 6) is 0.845. The first kappa shape index (κ1) is 16.4. The number of methoxy groups -OCH3 is 1. The van der Waals surface area contributed by atoms with Crippen LogP contribution in [0.1, 0.15) is 18.4 Å². The maximum absolute atomic E-state index is 12.5. The molecule has 0 unspecified atom stereocenters. The highest BCUT2D eigenvalue weighted by Gasteiger charge is 2.26. The van der Waals surface area contributed by atoms with Gasteiger partial charge in [0.2, 0.25) is 11.9 Å². The summed E-state index contributed by atoms with van der Waals surface area (Å²) in [7, 11) is 1.66. The summed E-state index contributed by atoms with van der Waals surface area (Å²) in [5.41, 5.74) is 1.87. The van der Waals surface area contributed by atoms with Gasteiger partial charge in [-0.1, -0.05) is 12.1 Å². The fraction of sp³-hybridized carbons (Fsp3) is 0.389. The lowest BCUT2D eigenvalue weighted by Gasteiger charge is -2.31. The lowest BCUT2D eigenvalue weighted by atomic mass is 9.96. The number of rotatable bonds is 5. The quantitative estimate of drug-likeness (QED) is 0.914. The third-order valence-electron chi connectivity index (χ3n) is 4.21. The molecule has 1 aromatic heterocycles. The predicted octanol–water partition coefficient (Wildman–Crippen LogP) is 2.48. The molecule has 6 heteroatoms. The first-order chi connectivity index (χ1) is 11.8. The fourth-order valence-corrected chi connectivity index (χ4v) is 2.95. The van der Waals surface area contributed by atoms with Gasteiger partial charge in [-0.25, -0.2) is 9.97 Å². The lowest BCUT2D eigenvalue weighted by molar-refractivity contribution is -0.120. The van der Waals surface area contributed by atoms with Crippen molar-refractivity contribution < 1.29 is 9.53 Å². The van der Waals surface area contributed by atoms with E-state index in [1.807, 2.05) is 24.3 Å². The Labute approximate surface area is 141 Å². The van der Waals surface area contributed by atoms with Crippen molar-refractivity contribution in [3.05, 3.63) is 48.3 Å². The van der Waals surface area contributed by atoms with Crippen LogP contribution in [0.15, 0.2) is 42.7 Å². The van der Waals surface area contributed by atoms with Crippen LogP contribution in [0.4, 0.5) is 11.6 Å². The summed E-state index contributed by atoms with van der Waals surface area (Å²) in [6.07, 6.45) is 5.10. The molecule has 1 N–H and O–H groups in total. The maximum atomic E-state index is 12.5. The number of nitrogens with zero attached hydrogens (tertiary/aromatic N) is 3. The molecule has 24 heavy (non-hydrogen) atoms. The maximum Gasteiger partial charge on any atom is 0.227 e. The number of benzene rings is 1. The van der Waals surface area contributed by atoms with Crippen LogP contribution in [0.5, 0.6) is 0 Å². The highest BCUT2D eigenvalue weighted by atomic mass is 16.5. The smallest absolute Gasteiger partial charge is 0.227 e. The van der Waals surface area contributed by atoms with Gasteiger partial charge in [-0.15, -0.1) is 0 Å². The van der Waals surface area contributed by atoms with Crippen LogP contribution in [-0.2, 0) is 16.1 Å². The van der Waals surface area contributed by atoms with Crippen LogP contribution in [0, 0.1) is 5.92 Å². The van der Waals surface area contributed by atoms with Crippen LogP contribution in [-0.4, -0.2) is 36.1 Å². The highest BCUT2D eigenvalue weighted by molar-refractivity contribution is 5.92. The molecule has 1 aliphatic rings. The molecular weight excluding hydrogens is 304 g/mol. The van der Waals surface area contributed by atoms with Gasteiger partial charge in [0.1, 0.15) is 0 Å². The molecule has 1 saturated heterocycles. The third kappa shape index (κ3) is 4.08. The molecule has 2 aromatic rings. The Balaban J connectivity index is 1.54. The van der Waals surface area contributed by atoms with Crippen molar-refractivity contribution >= 4 is 17.5 Å².